The van der Waals surface area contributed by atoms with Crippen LogP contribution in [0, 0.1) is 0 Å². The van der Waals surface area contributed by atoms with E-state index in [1.807, 2.05) is 17.0 Å². The van der Waals surface area contributed by atoms with E-state index in [0.29, 0.717) is 6.04 Å². The molecule has 1 atom stereocenters. The smallest absolute Gasteiger partial charge is 0.328 e. The number of likely N-dealkylation sites (tertiary alicyclic amines) is 1. The number of rotatable bonds is 4. The number of urea groups is 1. The summed E-state index contributed by atoms with van der Waals surface area (Å²) in [5.41, 5.74) is 1.67. The fourth-order valence-electron chi connectivity index (χ4n) is 5.49. The number of piperidine rings is 1. The largest absolute Gasteiger partial charge is 0.353 e. The number of nitrogens with one attached hydrogen (secondary N) is 1. The van der Waals surface area contributed by atoms with Gasteiger partial charge in [-0.2, -0.15) is 0 Å². The summed E-state index contributed by atoms with van der Waals surface area (Å²) in [4.78, 5) is 27.1. The zero-order valence-electron chi connectivity index (χ0n) is 18.3. The molecule has 3 aliphatic rings. The molecule has 2 aromatic rings. The van der Waals surface area contributed by atoms with Gasteiger partial charge in [-0.15, -0.1) is 0 Å². The Morgan fingerprint density at radius 2 is 2.06 bits per heavy atom. The molecule has 2 saturated heterocycles. The van der Waals surface area contributed by atoms with Crippen LogP contribution in [0.1, 0.15) is 50.6 Å². The van der Waals surface area contributed by atoms with Crippen LogP contribution in [0.2, 0.25) is 0 Å². The summed E-state index contributed by atoms with van der Waals surface area (Å²) < 4.78 is 2.18. The molecule has 1 saturated carbocycles. The molecule has 5 rings (SSSR count). The zero-order valence-corrected chi connectivity index (χ0v) is 18.3. The number of anilines is 1. The van der Waals surface area contributed by atoms with E-state index >= 15 is 0 Å². The Bertz CT molecular complexity index is 948. The molecule has 4 heterocycles. The Morgan fingerprint density at radius 3 is 2.81 bits per heavy atom. The molecule has 164 valence electrons. The number of aliphatic imine (C=N–C) groups is 1. The van der Waals surface area contributed by atoms with Gasteiger partial charge in [0.2, 0.25) is 0 Å². The van der Waals surface area contributed by atoms with Crippen LogP contribution in [0.15, 0.2) is 47.8 Å². The van der Waals surface area contributed by atoms with E-state index in [-0.39, 0.29) is 6.03 Å². The molecule has 3 fully saturated rings. The fraction of sp³-hybridized carbons (Fsp3) is 0.542. The second kappa shape index (κ2) is 8.46. The number of pyridine rings is 1. The van der Waals surface area contributed by atoms with Crippen molar-refractivity contribution in [2.45, 2.75) is 63.1 Å². The molecule has 7 heteroatoms. The third-order valence-electron chi connectivity index (χ3n) is 7.07. The molecule has 1 N–H and O–H groups in total. The standard InChI is InChI=1S/C24H32N6O/c1-28-14-6-11-21(28)17-29-15-7-12-24(18-29)22(26-19-8-3-2-4-9-19)27-23(31)30(24)20-10-5-13-25-16-20/h5-6,10-11,13-14,16,19H,2-4,7-9,12,15,17-18H2,1H3,(H,26,27,31). The van der Waals surface area contributed by atoms with Crippen LogP contribution in [0.3, 0.4) is 0 Å². The van der Waals surface area contributed by atoms with Gasteiger partial charge in [0.15, 0.2) is 0 Å². The lowest BCUT2D eigenvalue weighted by Gasteiger charge is -2.44. The monoisotopic (exact) mass is 420 g/mol. The Balaban J connectivity index is 1.51. The average molecular weight is 421 g/mol. The van der Waals surface area contributed by atoms with E-state index in [1.165, 1.54) is 25.0 Å². The van der Waals surface area contributed by atoms with Crippen LogP contribution in [-0.2, 0) is 13.6 Å². The first kappa shape index (κ1) is 20.2. The van der Waals surface area contributed by atoms with E-state index in [0.717, 1.165) is 56.8 Å². The van der Waals surface area contributed by atoms with E-state index in [9.17, 15) is 4.79 Å². The molecule has 31 heavy (non-hydrogen) atoms. The number of hydrogen-bond acceptors (Lipinski definition) is 4. The Kier molecular flexibility index (Phi) is 5.52. The number of nitrogens with zero attached hydrogens (tertiary/aromatic N) is 5. The van der Waals surface area contributed by atoms with Crippen LogP contribution in [0.5, 0.6) is 0 Å². The summed E-state index contributed by atoms with van der Waals surface area (Å²) in [5.74, 6) is 0.866. The number of carbonyl (C=O) groups is 1. The normalized spacial score (nSPS) is 26.7. The van der Waals surface area contributed by atoms with Gasteiger partial charge in [-0.1, -0.05) is 19.3 Å². The molecule has 2 amide bonds. The van der Waals surface area contributed by atoms with Crippen molar-refractivity contribution in [2.75, 3.05) is 18.0 Å². The van der Waals surface area contributed by atoms with Crippen molar-refractivity contribution in [3.63, 3.8) is 0 Å². The van der Waals surface area contributed by atoms with Crippen molar-refractivity contribution in [1.29, 1.82) is 0 Å². The lowest BCUT2D eigenvalue weighted by atomic mass is 9.86. The first-order valence-corrected chi connectivity index (χ1v) is 11.6. The highest BCUT2D eigenvalue weighted by Gasteiger charge is 2.54. The minimum absolute atomic E-state index is 0.0803. The summed E-state index contributed by atoms with van der Waals surface area (Å²) in [7, 11) is 2.09. The highest BCUT2D eigenvalue weighted by molar-refractivity contribution is 6.19. The summed E-state index contributed by atoms with van der Waals surface area (Å²) in [6.45, 7) is 2.67. The average Bonchev–Trinajstić information content (AvgIpc) is 3.30. The number of aromatic nitrogens is 2. The topological polar surface area (TPSA) is 65.8 Å². The SMILES string of the molecule is Cn1cccc1CN1CCCC2(C1)C(=NC1CCCCC1)NC(=O)N2c1cccnc1. The molecule has 0 radical (unpaired) electrons. The molecular weight excluding hydrogens is 388 g/mol. The highest BCUT2D eigenvalue weighted by Crippen LogP contribution is 2.37. The van der Waals surface area contributed by atoms with Gasteiger partial charge in [0.05, 0.1) is 17.9 Å². The van der Waals surface area contributed by atoms with Crippen molar-refractivity contribution in [3.05, 3.63) is 48.5 Å². The Hall–Kier alpha value is -2.67. The Labute approximate surface area is 184 Å². The van der Waals surface area contributed by atoms with Crippen molar-refractivity contribution < 1.29 is 4.79 Å². The van der Waals surface area contributed by atoms with Crippen LogP contribution >= 0.6 is 0 Å². The van der Waals surface area contributed by atoms with Gasteiger partial charge in [-0.25, -0.2) is 4.79 Å². The van der Waals surface area contributed by atoms with Crippen LogP contribution in [0.25, 0.3) is 0 Å². The summed E-state index contributed by atoms with van der Waals surface area (Å²) in [5, 5.41) is 3.18. The first-order valence-electron chi connectivity index (χ1n) is 11.6. The van der Waals surface area contributed by atoms with E-state index in [2.05, 4.69) is 45.1 Å². The van der Waals surface area contributed by atoms with E-state index in [1.54, 1.807) is 12.4 Å². The van der Waals surface area contributed by atoms with Gasteiger partial charge in [-0.05, 0) is 56.5 Å². The van der Waals surface area contributed by atoms with Gasteiger partial charge in [0.1, 0.15) is 11.4 Å². The lowest BCUT2D eigenvalue weighted by molar-refractivity contribution is 0.173. The van der Waals surface area contributed by atoms with Gasteiger partial charge >= 0.3 is 6.03 Å². The minimum atomic E-state index is -0.457. The van der Waals surface area contributed by atoms with Crippen molar-refractivity contribution in [2.24, 2.45) is 12.0 Å². The van der Waals surface area contributed by atoms with Gasteiger partial charge in [-0.3, -0.25) is 25.1 Å². The van der Waals surface area contributed by atoms with Crippen LogP contribution < -0.4 is 10.2 Å². The number of amidine groups is 1. The van der Waals surface area contributed by atoms with Crippen LogP contribution in [0.4, 0.5) is 10.5 Å². The van der Waals surface area contributed by atoms with Gasteiger partial charge < -0.3 is 4.57 Å². The first-order chi connectivity index (χ1) is 15.2. The molecule has 1 spiro atoms. The molecule has 0 bridgehead atoms. The maximum absolute atomic E-state index is 13.3. The second-order valence-electron chi connectivity index (χ2n) is 9.20. The predicted molar refractivity (Wildman–Crippen MR) is 122 cm³/mol. The maximum atomic E-state index is 13.3. The van der Waals surface area contributed by atoms with Gasteiger partial charge in [0, 0.05) is 38.2 Å². The molecule has 2 aliphatic heterocycles. The maximum Gasteiger partial charge on any atom is 0.328 e. The molecule has 7 nitrogen and oxygen atoms in total. The molecule has 0 aromatic carbocycles. The van der Waals surface area contributed by atoms with Crippen molar-refractivity contribution >= 4 is 17.6 Å². The predicted octanol–water partition coefficient (Wildman–Crippen LogP) is 3.72. The lowest BCUT2D eigenvalue weighted by Crippen LogP contribution is -2.60. The second-order valence-corrected chi connectivity index (χ2v) is 9.20. The third kappa shape index (κ3) is 3.87. The fourth-order valence-corrected chi connectivity index (χ4v) is 5.49. The molecular formula is C24H32N6O. The molecule has 2 aromatic heterocycles. The summed E-state index contributed by atoms with van der Waals surface area (Å²) >= 11 is 0. The number of carbonyl (C=O) groups excluding carboxylic acids is 1. The minimum Gasteiger partial charge on any atom is -0.353 e. The molecule has 1 unspecified atom stereocenters. The summed E-state index contributed by atoms with van der Waals surface area (Å²) in [6.07, 6.45) is 13.6. The van der Waals surface area contributed by atoms with E-state index < -0.39 is 5.54 Å². The number of aryl methyl sites for hydroxylation is 1. The van der Waals surface area contributed by atoms with Gasteiger partial charge in [0.25, 0.3) is 0 Å². The van der Waals surface area contributed by atoms with Crippen molar-refractivity contribution in [3.8, 4) is 0 Å². The number of amides is 2. The van der Waals surface area contributed by atoms with Crippen molar-refractivity contribution in [1.82, 2.24) is 19.8 Å². The van der Waals surface area contributed by atoms with E-state index in [4.69, 9.17) is 4.99 Å². The highest BCUT2D eigenvalue weighted by atomic mass is 16.2. The third-order valence-corrected chi connectivity index (χ3v) is 7.07. The molecule has 1 aliphatic carbocycles. The Morgan fingerprint density at radius 1 is 1.19 bits per heavy atom. The summed E-state index contributed by atoms with van der Waals surface area (Å²) in [6, 6.07) is 8.38. The zero-order chi connectivity index (χ0) is 21.3. The van der Waals surface area contributed by atoms with Crippen LogP contribution in [-0.4, -0.2) is 51.0 Å². The number of hydrogen-bond donors (Lipinski definition) is 1. The quantitative estimate of drug-likeness (QED) is 0.820.